The van der Waals surface area contributed by atoms with E-state index < -0.39 is 12.0 Å². The zero-order chi connectivity index (χ0) is 16.3. The molecule has 22 heavy (non-hydrogen) atoms. The molecule has 9 heteroatoms. The summed E-state index contributed by atoms with van der Waals surface area (Å²) in [6.45, 7) is 2.20. The third kappa shape index (κ3) is 3.94. The van der Waals surface area contributed by atoms with Gasteiger partial charge in [0.15, 0.2) is 11.9 Å². The summed E-state index contributed by atoms with van der Waals surface area (Å²) in [6, 6.07) is 4.55. The first kappa shape index (κ1) is 16.7. The molecule has 0 aliphatic carbocycles. The molecule has 1 amide bonds. The van der Waals surface area contributed by atoms with Crippen LogP contribution >= 0.6 is 23.2 Å². The van der Waals surface area contributed by atoms with Crippen molar-refractivity contribution < 1.29 is 9.90 Å². The SMILES string of the molecule is CC(CN(C)C(=O)C(O)c1cc(Cl)cc(Cl)c1)c1nn[nH]n1. The fourth-order valence-corrected chi connectivity index (χ4v) is 2.59. The molecule has 1 heterocycles. The number of amides is 1. The molecule has 118 valence electrons. The van der Waals surface area contributed by atoms with E-state index in [1.165, 1.54) is 23.1 Å². The average molecular weight is 344 g/mol. The first-order chi connectivity index (χ1) is 10.4. The number of H-pyrrole nitrogens is 1. The minimum Gasteiger partial charge on any atom is -0.378 e. The number of nitrogens with zero attached hydrogens (tertiary/aromatic N) is 4. The number of hydrogen-bond donors (Lipinski definition) is 2. The van der Waals surface area contributed by atoms with Gasteiger partial charge in [0, 0.05) is 29.6 Å². The number of rotatable bonds is 5. The molecular weight excluding hydrogens is 329 g/mol. The van der Waals surface area contributed by atoms with Crippen molar-refractivity contribution in [2.24, 2.45) is 0 Å². The number of carbonyl (C=O) groups excluding carboxylic acids is 1. The van der Waals surface area contributed by atoms with Crippen LogP contribution in [0, 0.1) is 0 Å². The van der Waals surface area contributed by atoms with Crippen LogP contribution in [0.4, 0.5) is 0 Å². The Balaban J connectivity index is 2.06. The van der Waals surface area contributed by atoms with Crippen LogP contribution in [0.2, 0.25) is 10.0 Å². The lowest BCUT2D eigenvalue weighted by Crippen LogP contribution is -2.34. The maximum absolute atomic E-state index is 12.3. The molecule has 2 unspecified atom stereocenters. The lowest BCUT2D eigenvalue weighted by atomic mass is 10.1. The summed E-state index contributed by atoms with van der Waals surface area (Å²) in [6.07, 6.45) is -1.33. The number of aliphatic hydroxyl groups excluding tert-OH is 1. The molecule has 2 rings (SSSR count). The summed E-state index contributed by atoms with van der Waals surface area (Å²) >= 11 is 11.8. The van der Waals surface area contributed by atoms with Crippen molar-refractivity contribution in [2.75, 3.05) is 13.6 Å². The van der Waals surface area contributed by atoms with E-state index in [-0.39, 0.29) is 5.92 Å². The number of aromatic nitrogens is 4. The molecule has 2 N–H and O–H groups in total. The fraction of sp³-hybridized carbons (Fsp3) is 0.385. The number of likely N-dealkylation sites (N-methyl/N-ethyl adjacent to an activating group) is 1. The second-order valence-corrected chi connectivity index (χ2v) is 5.87. The monoisotopic (exact) mass is 343 g/mol. The normalized spacial score (nSPS) is 13.7. The molecular formula is C13H15Cl2N5O2. The standard InChI is InChI=1S/C13H15Cl2N5O2/c1-7(12-16-18-19-17-12)6-20(2)13(22)11(21)8-3-9(14)5-10(15)4-8/h3-5,7,11,21H,6H2,1-2H3,(H,16,17,18,19). The number of aliphatic hydroxyl groups is 1. The van der Waals surface area contributed by atoms with E-state index in [9.17, 15) is 9.90 Å². The van der Waals surface area contributed by atoms with Gasteiger partial charge in [-0.1, -0.05) is 35.3 Å². The van der Waals surface area contributed by atoms with E-state index in [4.69, 9.17) is 23.2 Å². The smallest absolute Gasteiger partial charge is 0.255 e. The molecule has 1 aromatic carbocycles. The van der Waals surface area contributed by atoms with E-state index in [1.54, 1.807) is 7.05 Å². The molecule has 2 atom stereocenters. The molecule has 0 bridgehead atoms. The Morgan fingerprint density at radius 1 is 1.36 bits per heavy atom. The quantitative estimate of drug-likeness (QED) is 0.862. The molecule has 7 nitrogen and oxygen atoms in total. The number of benzene rings is 1. The van der Waals surface area contributed by atoms with Gasteiger partial charge in [0.05, 0.1) is 0 Å². The number of hydrogen-bond acceptors (Lipinski definition) is 5. The van der Waals surface area contributed by atoms with Crippen LogP contribution in [-0.2, 0) is 4.79 Å². The molecule has 2 aromatic rings. The highest BCUT2D eigenvalue weighted by atomic mass is 35.5. The first-order valence-electron chi connectivity index (χ1n) is 6.51. The number of nitrogens with one attached hydrogen (secondary N) is 1. The van der Waals surface area contributed by atoms with E-state index in [1.807, 2.05) is 6.92 Å². The van der Waals surface area contributed by atoms with Crippen LogP contribution in [-0.4, -0.2) is 50.1 Å². The highest BCUT2D eigenvalue weighted by Crippen LogP contribution is 2.25. The summed E-state index contributed by atoms with van der Waals surface area (Å²) in [5.74, 6) is -0.0866. The number of tetrazole rings is 1. The average Bonchev–Trinajstić information content (AvgIpc) is 2.98. The maximum Gasteiger partial charge on any atom is 0.255 e. The Kier molecular flexibility index (Phi) is 5.33. The lowest BCUT2D eigenvalue weighted by Gasteiger charge is -2.23. The molecule has 1 aromatic heterocycles. The third-order valence-electron chi connectivity index (χ3n) is 3.16. The minimum absolute atomic E-state index is 0.122. The molecule has 0 aliphatic rings. The summed E-state index contributed by atoms with van der Waals surface area (Å²) in [4.78, 5) is 13.7. The van der Waals surface area contributed by atoms with Crippen molar-refractivity contribution in [1.82, 2.24) is 25.5 Å². The van der Waals surface area contributed by atoms with E-state index >= 15 is 0 Å². The maximum atomic E-state index is 12.3. The van der Waals surface area contributed by atoms with Gasteiger partial charge in [-0.15, -0.1) is 10.2 Å². The van der Waals surface area contributed by atoms with E-state index in [2.05, 4.69) is 20.6 Å². The molecule has 0 aliphatic heterocycles. The van der Waals surface area contributed by atoms with Gasteiger partial charge in [-0.3, -0.25) is 4.79 Å². The fourth-order valence-electron chi connectivity index (χ4n) is 2.05. The zero-order valence-electron chi connectivity index (χ0n) is 12.0. The van der Waals surface area contributed by atoms with Crippen molar-refractivity contribution in [3.63, 3.8) is 0 Å². The summed E-state index contributed by atoms with van der Waals surface area (Å²) in [5, 5.41) is 24.5. The summed E-state index contributed by atoms with van der Waals surface area (Å²) in [5.41, 5.74) is 0.349. The van der Waals surface area contributed by atoms with Crippen LogP contribution in [0.25, 0.3) is 0 Å². The van der Waals surface area contributed by atoms with Gasteiger partial charge >= 0.3 is 0 Å². The summed E-state index contributed by atoms with van der Waals surface area (Å²) in [7, 11) is 1.59. The predicted octanol–water partition coefficient (Wildman–Crippen LogP) is 1.80. The third-order valence-corrected chi connectivity index (χ3v) is 3.60. The molecule has 0 saturated heterocycles. The predicted molar refractivity (Wildman–Crippen MR) is 81.7 cm³/mol. The first-order valence-corrected chi connectivity index (χ1v) is 7.26. The Labute approximate surface area is 137 Å². The van der Waals surface area contributed by atoms with Gasteiger partial charge < -0.3 is 10.0 Å². The molecule has 0 saturated carbocycles. The highest BCUT2D eigenvalue weighted by molar-refractivity contribution is 6.34. The van der Waals surface area contributed by atoms with Crippen LogP contribution in [0.5, 0.6) is 0 Å². The van der Waals surface area contributed by atoms with Crippen molar-refractivity contribution in [3.8, 4) is 0 Å². The van der Waals surface area contributed by atoms with Crippen molar-refractivity contribution in [2.45, 2.75) is 18.9 Å². The largest absolute Gasteiger partial charge is 0.378 e. The second kappa shape index (κ2) is 7.04. The Hall–Kier alpha value is -1.70. The number of aromatic amines is 1. The van der Waals surface area contributed by atoms with Crippen molar-refractivity contribution in [3.05, 3.63) is 39.6 Å². The molecule has 0 radical (unpaired) electrons. The minimum atomic E-state index is -1.33. The van der Waals surface area contributed by atoms with Crippen LogP contribution in [0.15, 0.2) is 18.2 Å². The number of halogens is 2. The highest BCUT2D eigenvalue weighted by Gasteiger charge is 2.24. The molecule has 0 fully saturated rings. The summed E-state index contributed by atoms with van der Waals surface area (Å²) < 4.78 is 0. The van der Waals surface area contributed by atoms with Crippen molar-refractivity contribution in [1.29, 1.82) is 0 Å². The molecule has 0 spiro atoms. The van der Waals surface area contributed by atoms with Gasteiger partial charge in [-0.25, -0.2) is 0 Å². The zero-order valence-corrected chi connectivity index (χ0v) is 13.5. The Bertz CT molecular complexity index is 630. The number of carbonyl (C=O) groups is 1. The van der Waals surface area contributed by atoms with Crippen LogP contribution in [0.3, 0.4) is 0 Å². The van der Waals surface area contributed by atoms with Gasteiger partial charge in [-0.05, 0) is 23.8 Å². The van der Waals surface area contributed by atoms with Crippen LogP contribution < -0.4 is 0 Å². The van der Waals surface area contributed by atoms with Gasteiger partial charge in [0.1, 0.15) is 0 Å². The van der Waals surface area contributed by atoms with E-state index in [0.29, 0.717) is 28.0 Å². The second-order valence-electron chi connectivity index (χ2n) is 5.00. The Morgan fingerprint density at radius 2 is 2.00 bits per heavy atom. The van der Waals surface area contributed by atoms with E-state index in [0.717, 1.165) is 0 Å². The lowest BCUT2D eigenvalue weighted by molar-refractivity contribution is -0.139. The topological polar surface area (TPSA) is 95.0 Å². The van der Waals surface area contributed by atoms with Gasteiger partial charge in [0.2, 0.25) is 0 Å². The van der Waals surface area contributed by atoms with Crippen molar-refractivity contribution >= 4 is 29.1 Å². The van der Waals surface area contributed by atoms with Gasteiger partial charge in [-0.2, -0.15) is 5.21 Å². The Morgan fingerprint density at radius 3 is 2.55 bits per heavy atom. The van der Waals surface area contributed by atoms with Crippen LogP contribution in [0.1, 0.15) is 30.3 Å². The van der Waals surface area contributed by atoms with Gasteiger partial charge in [0.25, 0.3) is 5.91 Å².